The zero-order valence-electron chi connectivity index (χ0n) is 16.7. The summed E-state index contributed by atoms with van der Waals surface area (Å²) in [5, 5.41) is 6.78. The van der Waals surface area contributed by atoms with Gasteiger partial charge in [0.15, 0.2) is 5.96 Å². The van der Waals surface area contributed by atoms with E-state index in [-0.39, 0.29) is 24.0 Å². The van der Waals surface area contributed by atoms with E-state index in [9.17, 15) is 0 Å². The van der Waals surface area contributed by atoms with E-state index in [0.29, 0.717) is 12.1 Å². The van der Waals surface area contributed by atoms with Gasteiger partial charge in [0.1, 0.15) is 0 Å². The Morgan fingerprint density at radius 1 is 1.23 bits per heavy atom. The van der Waals surface area contributed by atoms with Gasteiger partial charge in [-0.05, 0) is 58.5 Å². The van der Waals surface area contributed by atoms with Crippen molar-refractivity contribution < 1.29 is 9.47 Å². The van der Waals surface area contributed by atoms with Gasteiger partial charge in [0.25, 0.3) is 0 Å². The number of rotatable bonds is 11. The summed E-state index contributed by atoms with van der Waals surface area (Å²) in [4.78, 5) is 7.39. The smallest absolute Gasteiger partial charge is 0.191 e. The summed E-state index contributed by atoms with van der Waals surface area (Å²) in [6, 6.07) is 0.577. The third-order valence-corrected chi connectivity index (χ3v) is 5.02. The maximum atomic E-state index is 5.71. The molecular weight excluding hydrogens is 443 g/mol. The molecule has 0 aliphatic carbocycles. The van der Waals surface area contributed by atoms with Gasteiger partial charge in [-0.15, -0.1) is 24.0 Å². The van der Waals surface area contributed by atoms with Gasteiger partial charge in [0.2, 0.25) is 0 Å². The van der Waals surface area contributed by atoms with Gasteiger partial charge in [-0.25, -0.2) is 0 Å². The van der Waals surface area contributed by atoms with Crippen molar-refractivity contribution in [1.82, 2.24) is 15.5 Å². The van der Waals surface area contributed by atoms with Gasteiger partial charge in [-0.1, -0.05) is 6.92 Å². The summed E-state index contributed by atoms with van der Waals surface area (Å²) in [6.45, 7) is 11.9. The standard InChI is InChI=1S/C19H38N4O2.HI/c1-3-17(23-11-5-6-12-23)15-22-19(20-4-2)21-10-8-13-24-16-18-9-7-14-25-18;/h17-18H,3-16H2,1-2H3,(H2,20,21,22);1H. The van der Waals surface area contributed by atoms with Crippen molar-refractivity contribution in [3.63, 3.8) is 0 Å². The maximum Gasteiger partial charge on any atom is 0.191 e. The number of hydrogen-bond acceptors (Lipinski definition) is 4. The number of guanidine groups is 1. The molecule has 0 saturated carbocycles. The Morgan fingerprint density at radius 2 is 2.04 bits per heavy atom. The first-order valence-electron chi connectivity index (χ1n) is 10.3. The second-order valence-corrected chi connectivity index (χ2v) is 7.02. The second-order valence-electron chi connectivity index (χ2n) is 7.02. The van der Waals surface area contributed by atoms with E-state index in [1.54, 1.807) is 0 Å². The molecule has 2 saturated heterocycles. The highest BCUT2D eigenvalue weighted by Gasteiger charge is 2.20. The Labute approximate surface area is 176 Å². The Kier molecular flexibility index (Phi) is 13.7. The third-order valence-electron chi connectivity index (χ3n) is 5.02. The fourth-order valence-corrected chi connectivity index (χ4v) is 3.52. The van der Waals surface area contributed by atoms with Gasteiger partial charge >= 0.3 is 0 Å². The molecule has 26 heavy (non-hydrogen) atoms. The van der Waals surface area contributed by atoms with Crippen LogP contribution in [0.15, 0.2) is 4.99 Å². The Hall–Kier alpha value is -0.120. The molecule has 2 unspecified atom stereocenters. The topological polar surface area (TPSA) is 58.1 Å². The first-order chi connectivity index (χ1) is 12.3. The number of aliphatic imine (C=N–C) groups is 1. The molecule has 0 amide bonds. The SMILES string of the molecule is CCNC(=NCC(CC)N1CCCC1)NCCCOCC1CCCO1.I. The van der Waals surface area contributed by atoms with Crippen molar-refractivity contribution >= 4 is 29.9 Å². The fraction of sp³-hybridized carbons (Fsp3) is 0.947. The van der Waals surface area contributed by atoms with Gasteiger partial charge in [-0.3, -0.25) is 9.89 Å². The lowest BCUT2D eigenvalue weighted by atomic mass is 10.2. The van der Waals surface area contributed by atoms with Crippen molar-refractivity contribution in [2.75, 3.05) is 52.5 Å². The molecule has 0 radical (unpaired) electrons. The van der Waals surface area contributed by atoms with Crippen LogP contribution in [-0.2, 0) is 9.47 Å². The summed E-state index contributed by atoms with van der Waals surface area (Å²) < 4.78 is 11.3. The van der Waals surface area contributed by atoms with Crippen molar-refractivity contribution in [3.8, 4) is 0 Å². The minimum absolute atomic E-state index is 0. The molecule has 0 bridgehead atoms. The van der Waals surface area contributed by atoms with E-state index < -0.39 is 0 Å². The molecule has 0 spiro atoms. The molecule has 0 aromatic carbocycles. The fourth-order valence-electron chi connectivity index (χ4n) is 3.52. The number of halogens is 1. The predicted octanol–water partition coefficient (Wildman–Crippen LogP) is 2.62. The first-order valence-corrected chi connectivity index (χ1v) is 10.3. The lowest BCUT2D eigenvalue weighted by Gasteiger charge is -2.25. The van der Waals surface area contributed by atoms with Gasteiger partial charge in [0, 0.05) is 32.3 Å². The van der Waals surface area contributed by atoms with Crippen LogP contribution in [0.4, 0.5) is 0 Å². The highest BCUT2D eigenvalue weighted by molar-refractivity contribution is 14.0. The lowest BCUT2D eigenvalue weighted by molar-refractivity contribution is 0.0168. The van der Waals surface area contributed by atoms with E-state index in [1.165, 1.54) is 38.8 Å². The van der Waals surface area contributed by atoms with Crippen LogP contribution in [-0.4, -0.2) is 75.5 Å². The molecule has 2 fully saturated rings. The Balaban J connectivity index is 0.00000338. The van der Waals surface area contributed by atoms with Crippen LogP contribution in [0.2, 0.25) is 0 Å². The summed E-state index contributed by atoms with van der Waals surface area (Å²) in [5.74, 6) is 0.930. The van der Waals surface area contributed by atoms with Crippen LogP contribution in [0.5, 0.6) is 0 Å². The normalized spacial score (nSPS) is 22.2. The van der Waals surface area contributed by atoms with Crippen LogP contribution in [0.3, 0.4) is 0 Å². The van der Waals surface area contributed by atoms with Crippen LogP contribution >= 0.6 is 24.0 Å². The van der Waals surface area contributed by atoms with E-state index in [2.05, 4.69) is 29.4 Å². The molecule has 0 aromatic rings. The van der Waals surface area contributed by atoms with Crippen LogP contribution in [0, 0.1) is 0 Å². The second kappa shape index (κ2) is 14.9. The van der Waals surface area contributed by atoms with Crippen LogP contribution in [0.1, 0.15) is 52.4 Å². The van der Waals surface area contributed by atoms with Gasteiger partial charge in [0.05, 0.1) is 19.3 Å². The molecule has 2 rings (SSSR count). The molecule has 6 nitrogen and oxygen atoms in total. The summed E-state index contributed by atoms with van der Waals surface area (Å²) >= 11 is 0. The highest BCUT2D eigenvalue weighted by Crippen LogP contribution is 2.14. The number of nitrogens with zero attached hydrogens (tertiary/aromatic N) is 2. The van der Waals surface area contributed by atoms with Crippen molar-refractivity contribution in [2.24, 2.45) is 4.99 Å². The monoisotopic (exact) mass is 482 g/mol. The van der Waals surface area contributed by atoms with E-state index >= 15 is 0 Å². The molecule has 2 aliphatic rings. The average Bonchev–Trinajstić information content (AvgIpc) is 3.32. The number of nitrogens with one attached hydrogen (secondary N) is 2. The number of likely N-dealkylation sites (tertiary alicyclic amines) is 1. The molecule has 2 N–H and O–H groups in total. The average molecular weight is 482 g/mol. The van der Waals surface area contributed by atoms with E-state index in [1.807, 2.05) is 0 Å². The summed E-state index contributed by atoms with van der Waals surface area (Å²) in [7, 11) is 0. The highest BCUT2D eigenvalue weighted by atomic mass is 127. The molecular formula is C19H39IN4O2. The molecule has 2 aliphatic heterocycles. The zero-order chi connectivity index (χ0) is 17.7. The quantitative estimate of drug-likeness (QED) is 0.205. The van der Waals surface area contributed by atoms with Gasteiger partial charge < -0.3 is 20.1 Å². The maximum absolute atomic E-state index is 5.71. The third kappa shape index (κ3) is 9.19. The number of hydrogen-bond donors (Lipinski definition) is 2. The number of ether oxygens (including phenoxy) is 2. The largest absolute Gasteiger partial charge is 0.379 e. The van der Waals surface area contributed by atoms with E-state index in [0.717, 1.165) is 58.3 Å². The minimum Gasteiger partial charge on any atom is -0.379 e. The van der Waals surface area contributed by atoms with Crippen molar-refractivity contribution in [1.29, 1.82) is 0 Å². The molecule has 2 atom stereocenters. The van der Waals surface area contributed by atoms with Crippen molar-refractivity contribution in [2.45, 2.75) is 64.5 Å². The molecule has 2 heterocycles. The van der Waals surface area contributed by atoms with Crippen LogP contribution < -0.4 is 10.6 Å². The Morgan fingerprint density at radius 3 is 2.69 bits per heavy atom. The predicted molar refractivity (Wildman–Crippen MR) is 119 cm³/mol. The van der Waals surface area contributed by atoms with Gasteiger partial charge in [-0.2, -0.15) is 0 Å². The Bertz CT molecular complexity index is 373. The van der Waals surface area contributed by atoms with E-state index in [4.69, 9.17) is 14.5 Å². The molecule has 154 valence electrons. The van der Waals surface area contributed by atoms with Crippen LogP contribution in [0.25, 0.3) is 0 Å². The molecule has 0 aromatic heterocycles. The van der Waals surface area contributed by atoms with Crippen molar-refractivity contribution in [3.05, 3.63) is 0 Å². The molecule has 7 heteroatoms. The minimum atomic E-state index is 0. The zero-order valence-corrected chi connectivity index (χ0v) is 19.0. The summed E-state index contributed by atoms with van der Waals surface area (Å²) in [5.41, 5.74) is 0. The lowest BCUT2D eigenvalue weighted by Crippen LogP contribution is -2.40. The summed E-state index contributed by atoms with van der Waals surface area (Å²) in [6.07, 6.45) is 7.47. The first kappa shape index (κ1) is 23.9.